The summed E-state index contributed by atoms with van der Waals surface area (Å²) >= 11 is 6.22. The minimum Gasteiger partial charge on any atom is -0.370 e. The van der Waals surface area contributed by atoms with Gasteiger partial charge in [0, 0.05) is 45.0 Å². The van der Waals surface area contributed by atoms with Crippen LogP contribution in [0.5, 0.6) is 0 Å². The maximum atomic E-state index is 12.2. The molecule has 2 heterocycles. The quantitative estimate of drug-likeness (QED) is 0.854. The molecule has 2 aliphatic rings. The molecule has 1 aliphatic carbocycles. The second-order valence-electron chi connectivity index (χ2n) is 6.60. The average Bonchev–Trinajstić information content (AvgIpc) is 2.47. The van der Waals surface area contributed by atoms with E-state index in [1.807, 2.05) is 18.0 Å². The fraction of sp³-hybridized carbons (Fsp3) is 0.647. The lowest BCUT2D eigenvalue weighted by atomic mass is 9.84. The molecule has 0 atom stereocenters. The summed E-state index contributed by atoms with van der Waals surface area (Å²) in [6, 6.07) is 1.98. The summed E-state index contributed by atoms with van der Waals surface area (Å²) in [5.74, 6) is 1.26. The van der Waals surface area contributed by atoms with E-state index in [9.17, 15) is 4.79 Å². The molecule has 0 N–H and O–H groups in total. The second-order valence-corrected chi connectivity index (χ2v) is 7.01. The monoisotopic (exact) mass is 321 g/mol. The molecule has 5 heteroatoms. The number of anilines is 1. The van der Waals surface area contributed by atoms with Gasteiger partial charge in [-0.15, -0.1) is 0 Å². The van der Waals surface area contributed by atoms with Gasteiger partial charge in [-0.25, -0.2) is 0 Å². The first-order chi connectivity index (χ1) is 10.6. The Morgan fingerprint density at radius 2 is 2.09 bits per heavy atom. The summed E-state index contributed by atoms with van der Waals surface area (Å²) in [6.07, 6.45) is 9.11. The van der Waals surface area contributed by atoms with Crippen LogP contribution >= 0.6 is 11.6 Å². The van der Waals surface area contributed by atoms with Crippen molar-refractivity contribution in [1.82, 2.24) is 9.88 Å². The van der Waals surface area contributed by atoms with Crippen LogP contribution in [0.4, 0.5) is 5.69 Å². The molecule has 4 nitrogen and oxygen atoms in total. The number of carbonyl (C=O) groups is 1. The van der Waals surface area contributed by atoms with Crippen LogP contribution in [-0.2, 0) is 4.79 Å². The Morgan fingerprint density at radius 3 is 2.68 bits per heavy atom. The molecule has 1 saturated carbocycles. The van der Waals surface area contributed by atoms with Crippen molar-refractivity contribution >= 4 is 23.2 Å². The van der Waals surface area contributed by atoms with Crippen LogP contribution < -0.4 is 4.90 Å². The number of amides is 1. The van der Waals surface area contributed by atoms with Crippen molar-refractivity contribution < 1.29 is 4.79 Å². The first-order valence-electron chi connectivity index (χ1n) is 8.24. The van der Waals surface area contributed by atoms with Crippen LogP contribution in [0.15, 0.2) is 18.5 Å². The fourth-order valence-corrected chi connectivity index (χ4v) is 3.66. The Labute approximate surface area is 137 Å². The zero-order valence-corrected chi connectivity index (χ0v) is 13.9. The molecule has 0 bridgehead atoms. The van der Waals surface area contributed by atoms with Crippen LogP contribution in [0.3, 0.4) is 0 Å². The lowest BCUT2D eigenvalue weighted by Crippen LogP contribution is -2.42. The Bertz CT molecular complexity index is 524. The van der Waals surface area contributed by atoms with Gasteiger partial charge in [0.1, 0.15) is 0 Å². The summed E-state index contributed by atoms with van der Waals surface area (Å²) in [7, 11) is 1.97. The number of nitrogens with zero attached hydrogens (tertiary/aromatic N) is 3. The number of pyridine rings is 1. The molecule has 1 aromatic heterocycles. The standard InChI is InChI=1S/C17H24ClN3O/c1-20(17(22)14-3-2-4-14)12-13-6-9-21(10-7-13)16-5-8-19-11-15(16)18/h5,8,11,13-14H,2-4,6-7,9-10,12H2,1H3. The molecule has 2 fully saturated rings. The number of halogens is 1. The van der Waals surface area contributed by atoms with Crippen molar-refractivity contribution in [2.24, 2.45) is 11.8 Å². The highest BCUT2D eigenvalue weighted by Crippen LogP contribution is 2.30. The van der Waals surface area contributed by atoms with E-state index in [-0.39, 0.29) is 0 Å². The largest absolute Gasteiger partial charge is 0.370 e. The third-order valence-corrected chi connectivity index (χ3v) is 5.36. The third-order valence-electron chi connectivity index (χ3n) is 5.07. The van der Waals surface area contributed by atoms with Gasteiger partial charge in [-0.2, -0.15) is 0 Å². The Morgan fingerprint density at radius 1 is 1.36 bits per heavy atom. The van der Waals surface area contributed by atoms with E-state index in [2.05, 4.69) is 9.88 Å². The average molecular weight is 322 g/mol. The molecule has 1 saturated heterocycles. The molecule has 120 valence electrons. The number of hydrogen-bond donors (Lipinski definition) is 0. The maximum Gasteiger partial charge on any atom is 0.225 e. The Hall–Kier alpha value is -1.29. The van der Waals surface area contributed by atoms with Gasteiger partial charge in [-0.1, -0.05) is 18.0 Å². The molecule has 1 amide bonds. The van der Waals surface area contributed by atoms with Gasteiger partial charge in [-0.3, -0.25) is 9.78 Å². The molecule has 0 radical (unpaired) electrons. The third kappa shape index (κ3) is 3.37. The molecule has 1 aliphatic heterocycles. The first-order valence-corrected chi connectivity index (χ1v) is 8.62. The number of piperidine rings is 1. The molecular formula is C17H24ClN3O. The van der Waals surface area contributed by atoms with Crippen molar-refractivity contribution in [2.75, 3.05) is 31.6 Å². The van der Waals surface area contributed by atoms with Crippen LogP contribution in [0.2, 0.25) is 5.02 Å². The van der Waals surface area contributed by atoms with Gasteiger partial charge in [0.2, 0.25) is 5.91 Å². The normalized spacial score (nSPS) is 19.8. The molecule has 1 aromatic rings. The predicted molar refractivity (Wildman–Crippen MR) is 89.2 cm³/mol. The number of carbonyl (C=O) groups excluding carboxylic acids is 1. The van der Waals surface area contributed by atoms with Crippen LogP contribution in [0.1, 0.15) is 32.1 Å². The molecule has 0 unspecified atom stereocenters. The maximum absolute atomic E-state index is 12.2. The minimum absolute atomic E-state index is 0.306. The fourth-order valence-electron chi connectivity index (χ4n) is 3.42. The van der Waals surface area contributed by atoms with E-state index in [1.54, 1.807) is 12.4 Å². The second kappa shape index (κ2) is 6.86. The molecule has 0 aromatic carbocycles. The van der Waals surface area contributed by atoms with Crippen LogP contribution in [0.25, 0.3) is 0 Å². The Balaban J connectivity index is 1.49. The zero-order valence-electron chi connectivity index (χ0n) is 13.2. The summed E-state index contributed by atoms with van der Waals surface area (Å²) in [4.78, 5) is 20.6. The van der Waals surface area contributed by atoms with Crippen molar-refractivity contribution in [2.45, 2.75) is 32.1 Å². The van der Waals surface area contributed by atoms with Crippen LogP contribution in [-0.4, -0.2) is 42.5 Å². The van der Waals surface area contributed by atoms with Crippen molar-refractivity contribution in [3.63, 3.8) is 0 Å². The van der Waals surface area contributed by atoms with E-state index in [4.69, 9.17) is 11.6 Å². The van der Waals surface area contributed by atoms with Crippen molar-refractivity contribution in [1.29, 1.82) is 0 Å². The number of aromatic nitrogens is 1. The predicted octanol–water partition coefficient (Wildman–Crippen LogP) is 3.21. The summed E-state index contributed by atoms with van der Waals surface area (Å²) in [6.45, 7) is 2.90. The molecular weight excluding hydrogens is 298 g/mol. The minimum atomic E-state index is 0.306. The number of hydrogen-bond acceptors (Lipinski definition) is 3. The molecule has 3 rings (SSSR count). The molecule has 22 heavy (non-hydrogen) atoms. The van der Waals surface area contributed by atoms with Crippen LogP contribution in [0, 0.1) is 11.8 Å². The van der Waals surface area contributed by atoms with Gasteiger partial charge in [0.05, 0.1) is 10.7 Å². The SMILES string of the molecule is CN(CC1CCN(c2ccncc2Cl)CC1)C(=O)C1CCC1. The van der Waals surface area contributed by atoms with Gasteiger partial charge >= 0.3 is 0 Å². The highest BCUT2D eigenvalue weighted by molar-refractivity contribution is 6.33. The van der Waals surface area contributed by atoms with E-state index < -0.39 is 0 Å². The highest BCUT2D eigenvalue weighted by atomic mass is 35.5. The summed E-state index contributed by atoms with van der Waals surface area (Å²) in [5, 5.41) is 0.721. The van der Waals surface area contributed by atoms with E-state index in [0.717, 1.165) is 56.0 Å². The first kappa shape index (κ1) is 15.6. The van der Waals surface area contributed by atoms with E-state index in [0.29, 0.717) is 17.7 Å². The zero-order chi connectivity index (χ0) is 15.5. The van der Waals surface area contributed by atoms with E-state index in [1.165, 1.54) is 6.42 Å². The van der Waals surface area contributed by atoms with Crippen molar-refractivity contribution in [3.8, 4) is 0 Å². The topological polar surface area (TPSA) is 36.4 Å². The van der Waals surface area contributed by atoms with Gasteiger partial charge in [-0.05, 0) is 37.7 Å². The van der Waals surface area contributed by atoms with Gasteiger partial charge < -0.3 is 9.80 Å². The van der Waals surface area contributed by atoms with Gasteiger partial charge in [0.15, 0.2) is 0 Å². The smallest absolute Gasteiger partial charge is 0.225 e. The number of rotatable bonds is 4. The van der Waals surface area contributed by atoms with Crippen molar-refractivity contribution in [3.05, 3.63) is 23.5 Å². The lowest BCUT2D eigenvalue weighted by molar-refractivity contribution is -0.137. The highest BCUT2D eigenvalue weighted by Gasteiger charge is 2.29. The molecule has 0 spiro atoms. The Kier molecular flexibility index (Phi) is 4.87. The van der Waals surface area contributed by atoms with Gasteiger partial charge in [0.25, 0.3) is 0 Å². The summed E-state index contributed by atoms with van der Waals surface area (Å²) in [5.41, 5.74) is 1.08. The lowest BCUT2D eigenvalue weighted by Gasteiger charge is -2.37. The summed E-state index contributed by atoms with van der Waals surface area (Å²) < 4.78 is 0. The van der Waals surface area contributed by atoms with E-state index >= 15 is 0 Å².